The maximum absolute atomic E-state index is 12.0. The molecule has 0 bridgehead atoms. The lowest BCUT2D eigenvalue weighted by atomic mass is 9.78. The van der Waals surface area contributed by atoms with Gasteiger partial charge in [-0.25, -0.2) is 4.79 Å². The monoisotopic (exact) mass is 321 g/mol. The van der Waals surface area contributed by atoms with Crippen molar-refractivity contribution in [1.29, 1.82) is 0 Å². The lowest BCUT2D eigenvalue weighted by Gasteiger charge is -2.32. The molecule has 1 unspecified atom stereocenters. The Morgan fingerprint density at radius 1 is 1.09 bits per heavy atom. The molecule has 0 saturated carbocycles. The second-order valence-electron chi connectivity index (χ2n) is 6.48. The number of amides is 1. The molecule has 128 valence electrons. The number of carbonyl (C=O) groups is 2. The summed E-state index contributed by atoms with van der Waals surface area (Å²) in [5.41, 5.74) is 0.890. The van der Waals surface area contributed by atoms with Crippen LogP contribution in [0.15, 0.2) is 30.3 Å². The van der Waals surface area contributed by atoms with E-state index in [0.717, 1.165) is 5.56 Å². The van der Waals surface area contributed by atoms with E-state index >= 15 is 0 Å². The summed E-state index contributed by atoms with van der Waals surface area (Å²) in [5.74, 6) is -0.345. The average Bonchev–Trinajstić information content (AvgIpc) is 2.44. The van der Waals surface area contributed by atoms with Crippen molar-refractivity contribution in [2.75, 3.05) is 0 Å². The molecule has 2 N–H and O–H groups in total. The first-order valence-corrected chi connectivity index (χ1v) is 8.00. The van der Waals surface area contributed by atoms with Crippen LogP contribution in [0.2, 0.25) is 0 Å². The lowest BCUT2D eigenvalue weighted by molar-refractivity contribution is -0.138. The number of carboxylic acids is 1. The predicted octanol–water partition coefficient (Wildman–Crippen LogP) is 3.68. The number of ether oxygens (including phenoxy) is 1. The molecule has 5 heteroatoms. The topological polar surface area (TPSA) is 75.6 Å². The zero-order chi connectivity index (χ0) is 17.4. The molecule has 1 amide bonds. The molecule has 0 aliphatic carbocycles. The summed E-state index contributed by atoms with van der Waals surface area (Å²) in [6, 6.07) is 8.92. The first kappa shape index (κ1) is 19.0. The van der Waals surface area contributed by atoms with Gasteiger partial charge in [-0.05, 0) is 23.3 Å². The number of hydrogen-bond acceptors (Lipinski definition) is 3. The van der Waals surface area contributed by atoms with Crippen molar-refractivity contribution in [3.05, 3.63) is 35.9 Å². The normalized spacial score (nSPS) is 12.5. The number of carboxylic acid groups (broad SMARTS) is 1. The molecule has 1 atom stereocenters. The van der Waals surface area contributed by atoms with Gasteiger partial charge < -0.3 is 15.2 Å². The fourth-order valence-electron chi connectivity index (χ4n) is 3.09. The van der Waals surface area contributed by atoms with Gasteiger partial charge in [0.1, 0.15) is 6.61 Å². The molecule has 0 saturated heterocycles. The van der Waals surface area contributed by atoms with Crippen LogP contribution in [0.3, 0.4) is 0 Å². The zero-order valence-corrected chi connectivity index (χ0v) is 14.3. The Balaban J connectivity index is 2.68. The van der Waals surface area contributed by atoms with E-state index in [9.17, 15) is 9.59 Å². The molecular formula is C18H27NO4. The van der Waals surface area contributed by atoms with Gasteiger partial charge in [-0.2, -0.15) is 0 Å². The maximum Gasteiger partial charge on any atom is 0.407 e. The third-order valence-corrected chi connectivity index (χ3v) is 3.91. The molecule has 0 aliphatic heterocycles. The van der Waals surface area contributed by atoms with Gasteiger partial charge in [-0.3, -0.25) is 4.79 Å². The van der Waals surface area contributed by atoms with Crippen molar-refractivity contribution in [1.82, 2.24) is 5.32 Å². The van der Waals surface area contributed by atoms with Gasteiger partial charge in [-0.15, -0.1) is 0 Å². The second-order valence-corrected chi connectivity index (χ2v) is 6.48. The third kappa shape index (κ3) is 6.72. The Kier molecular flexibility index (Phi) is 7.59. The van der Waals surface area contributed by atoms with Crippen LogP contribution in [0.1, 0.15) is 39.7 Å². The molecule has 0 radical (unpaired) electrons. The highest BCUT2D eigenvalue weighted by atomic mass is 16.5. The predicted molar refractivity (Wildman–Crippen MR) is 89.0 cm³/mol. The van der Waals surface area contributed by atoms with E-state index in [-0.39, 0.29) is 30.8 Å². The molecule has 0 spiro atoms. The van der Waals surface area contributed by atoms with Gasteiger partial charge in [0.05, 0.1) is 6.42 Å². The molecule has 1 rings (SSSR count). The number of nitrogens with one attached hydrogen (secondary N) is 1. The quantitative estimate of drug-likeness (QED) is 0.766. The van der Waals surface area contributed by atoms with Gasteiger partial charge in [0.2, 0.25) is 0 Å². The molecule has 1 aromatic rings. The summed E-state index contributed by atoms with van der Waals surface area (Å²) >= 11 is 0. The minimum atomic E-state index is -0.926. The number of aliphatic carboxylic acids is 1. The van der Waals surface area contributed by atoms with Gasteiger partial charge in [-0.1, -0.05) is 58.0 Å². The van der Waals surface area contributed by atoms with E-state index in [1.807, 2.05) is 58.0 Å². The minimum Gasteiger partial charge on any atom is -0.481 e. The highest BCUT2D eigenvalue weighted by Gasteiger charge is 2.30. The lowest BCUT2D eigenvalue weighted by Crippen LogP contribution is -2.45. The summed E-state index contributed by atoms with van der Waals surface area (Å²) in [6.07, 6.45) is -0.687. The molecule has 23 heavy (non-hydrogen) atoms. The highest BCUT2D eigenvalue weighted by molar-refractivity contribution is 5.71. The van der Waals surface area contributed by atoms with E-state index in [4.69, 9.17) is 9.84 Å². The largest absolute Gasteiger partial charge is 0.481 e. The van der Waals surface area contributed by atoms with Crippen LogP contribution >= 0.6 is 0 Å². The molecule has 0 aliphatic rings. The summed E-state index contributed by atoms with van der Waals surface area (Å²) < 4.78 is 5.21. The highest BCUT2D eigenvalue weighted by Crippen LogP contribution is 2.26. The third-order valence-electron chi connectivity index (χ3n) is 3.91. The van der Waals surface area contributed by atoms with E-state index < -0.39 is 18.1 Å². The molecule has 0 heterocycles. The van der Waals surface area contributed by atoms with Crippen molar-refractivity contribution < 1.29 is 19.4 Å². The van der Waals surface area contributed by atoms with Crippen LogP contribution in [-0.2, 0) is 16.1 Å². The molecule has 5 nitrogen and oxygen atoms in total. The number of carbonyl (C=O) groups excluding carboxylic acids is 1. The summed E-state index contributed by atoms with van der Waals surface area (Å²) in [6.45, 7) is 8.32. The zero-order valence-electron chi connectivity index (χ0n) is 14.3. The van der Waals surface area contributed by atoms with Crippen molar-refractivity contribution in [2.24, 2.45) is 17.8 Å². The first-order chi connectivity index (χ1) is 10.8. The Bertz CT molecular complexity index is 491. The summed E-state index contributed by atoms with van der Waals surface area (Å²) in [5, 5.41) is 11.9. The van der Waals surface area contributed by atoms with Crippen LogP contribution in [0.5, 0.6) is 0 Å². The smallest absolute Gasteiger partial charge is 0.407 e. The van der Waals surface area contributed by atoms with Crippen molar-refractivity contribution in [3.63, 3.8) is 0 Å². The maximum atomic E-state index is 12.0. The number of rotatable bonds is 8. The standard InChI is InChI=1S/C18H27NO4/c1-12(2)17(13(3)4)15(10-16(20)21)19-18(22)23-11-14-8-6-5-7-9-14/h5-9,12-13,15,17H,10-11H2,1-4H3,(H,19,22)(H,20,21). The Hall–Kier alpha value is -2.04. The average molecular weight is 321 g/mol. The van der Waals surface area contributed by atoms with Crippen LogP contribution in [-0.4, -0.2) is 23.2 Å². The van der Waals surface area contributed by atoms with E-state index in [2.05, 4.69) is 5.32 Å². The van der Waals surface area contributed by atoms with Crippen LogP contribution in [0, 0.1) is 17.8 Å². The Morgan fingerprint density at radius 2 is 1.65 bits per heavy atom. The molecule has 1 aromatic carbocycles. The number of alkyl carbamates (subject to hydrolysis) is 1. The van der Waals surface area contributed by atoms with Crippen LogP contribution < -0.4 is 5.32 Å². The SMILES string of the molecule is CC(C)C(C(C)C)C(CC(=O)O)NC(=O)OCc1ccccc1. The van der Waals surface area contributed by atoms with Gasteiger partial charge >= 0.3 is 12.1 Å². The number of benzene rings is 1. The summed E-state index contributed by atoms with van der Waals surface area (Å²) in [7, 11) is 0. The van der Waals surface area contributed by atoms with E-state index in [1.165, 1.54) is 0 Å². The molecule has 0 fully saturated rings. The van der Waals surface area contributed by atoms with E-state index in [1.54, 1.807) is 0 Å². The molecular weight excluding hydrogens is 294 g/mol. The fraction of sp³-hybridized carbons (Fsp3) is 0.556. The Morgan fingerprint density at radius 3 is 2.13 bits per heavy atom. The van der Waals surface area contributed by atoms with Gasteiger partial charge in [0, 0.05) is 6.04 Å². The Labute approximate surface area is 138 Å². The second kappa shape index (κ2) is 9.18. The van der Waals surface area contributed by atoms with Crippen molar-refractivity contribution in [2.45, 2.75) is 46.8 Å². The summed E-state index contributed by atoms with van der Waals surface area (Å²) in [4.78, 5) is 23.2. The van der Waals surface area contributed by atoms with Crippen LogP contribution in [0.4, 0.5) is 4.79 Å². The minimum absolute atomic E-state index is 0.0652. The fourth-order valence-corrected chi connectivity index (χ4v) is 3.09. The van der Waals surface area contributed by atoms with Crippen LogP contribution in [0.25, 0.3) is 0 Å². The molecule has 0 aromatic heterocycles. The number of hydrogen-bond donors (Lipinski definition) is 2. The van der Waals surface area contributed by atoms with Crippen molar-refractivity contribution in [3.8, 4) is 0 Å². The first-order valence-electron chi connectivity index (χ1n) is 8.00. The van der Waals surface area contributed by atoms with E-state index in [0.29, 0.717) is 0 Å². The van der Waals surface area contributed by atoms with Gasteiger partial charge in [0.15, 0.2) is 0 Å². The van der Waals surface area contributed by atoms with Gasteiger partial charge in [0.25, 0.3) is 0 Å². The van der Waals surface area contributed by atoms with Crippen molar-refractivity contribution >= 4 is 12.1 Å².